The Hall–Kier alpha value is -1.20. The van der Waals surface area contributed by atoms with E-state index in [0.717, 1.165) is 35.6 Å². The van der Waals surface area contributed by atoms with Gasteiger partial charge in [-0.3, -0.25) is 4.79 Å². The number of benzene rings is 1. The molecule has 1 amide bonds. The maximum Gasteiger partial charge on any atom is 0.257 e. The molecule has 20 heavy (non-hydrogen) atoms. The Morgan fingerprint density at radius 3 is 2.85 bits per heavy atom. The molecular formula is C15H20N2O2S. The van der Waals surface area contributed by atoms with Crippen LogP contribution in [0.5, 0.6) is 0 Å². The third kappa shape index (κ3) is 2.29. The van der Waals surface area contributed by atoms with Crippen molar-refractivity contribution >= 4 is 23.4 Å². The number of ether oxygens (including phenoxy) is 1. The summed E-state index contributed by atoms with van der Waals surface area (Å²) in [7, 11) is 1.68. The molecule has 5 heteroatoms. The molecule has 1 aromatic rings. The highest BCUT2D eigenvalue weighted by Gasteiger charge is 2.44. The summed E-state index contributed by atoms with van der Waals surface area (Å²) in [6.45, 7) is 1.21. The number of anilines is 1. The van der Waals surface area contributed by atoms with E-state index in [4.69, 9.17) is 4.74 Å². The van der Waals surface area contributed by atoms with Crippen LogP contribution in [-0.2, 0) is 4.74 Å². The molecule has 0 atom stereocenters. The van der Waals surface area contributed by atoms with E-state index in [9.17, 15) is 4.79 Å². The second kappa shape index (κ2) is 5.66. The predicted molar refractivity (Wildman–Crippen MR) is 82.3 cm³/mol. The van der Waals surface area contributed by atoms with Gasteiger partial charge in [0.25, 0.3) is 5.91 Å². The molecule has 1 aromatic carbocycles. The molecule has 0 bridgehead atoms. The van der Waals surface area contributed by atoms with Crippen molar-refractivity contribution in [1.82, 2.24) is 4.90 Å². The minimum atomic E-state index is -0.227. The summed E-state index contributed by atoms with van der Waals surface area (Å²) in [6.07, 6.45) is 1.98. The zero-order chi connectivity index (χ0) is 14.0. The quantitative estimate of drug-likeness (QED) is 0.929. The SMILES string of the molecule is COCCN1C(=O)c2ccccc2NC12CCSCC2. The van der Waals surface area contributed by atoms with Crippen LogP contribution >= 0.6 is 11.8 Å². The van der Waals surface area contributed by atoms with Gasteiger partial charge in [0.15, 0.2) is 0 Å². The first kappa shape index (κ1) is 13.8. The lowest BCUT2D eigenvalue weighted by Crippen LogP contribution is -2.62. The smallest absolute Gasteiger partial charge is 0.257 e. The number of carbonyl (C=O) groups excluding carboxylic acids is 1. The lowest BCUT2D eigenvalue weighted by Gasteiger charge is -2.50. The molecule has 0 saturated carbocycles. The number of para-hydroxylation sites is 1. The number of rotatable bonds is 3. The van der Waals surface area contributed by atoms with E-state index >= 15 is 0 Å². The molecule has 0 unspecified atom stereocenters. The van der Waals surface area contributed by atoms with Gasteiger partial charge in [-0.2, -0.15) is 11.8 Å². The van der Waals surface area contributed by atoms with Gasteiger partial charge in [-0.1, -0.05) is 12.1 Å². The standard InChI is InChI=1S/C15H20N2O2S/c1-19-9-8-17-14(18)12-4-2-3-5-13(12)16-15(17)6-10-20-11-7-15/h2-5,16H,6-11H2,1H3. The Kier molecular flexibility index (Phi) is 3.89. The Bertz CT molecular complexity index is 500. The van der Waals surface area contributed by atoms with Crippen LogP contribution in [0.25, 0.3) is 0 Å². The fourth-order valence-corrected chi connectivity index (χ4v) is 4.21. The molecule has 2 heterocycles. The van der Waals surface area contributed by atoms with Crippen LogP contribution in [0, 0.1) is 0 Å². The second-order valence-corrected chi connectivity index (χ2v) is 6.49. The Balaban J connectivity index is 1.97. The number of carbonyl (C=O) groups is 1. The van der Waals surface area contributed by atoms with Crippen LogP contribution in [0.1, 0.15) is 23.2 Å². The highest BCUT2D eigenvalue weighted by atomic mass is 32.2. The van der Waals surface area contributed by atoms with Gasteiger partial charge in [-0.15, -0.1) is 0 Å². The van der Waals surface area contributed by atoms with Crippen LogP contribution in [0.4, 0.5) is 5.69 Å². The number of fused-ring (bicyclic) bond motifs is 1. The molecule has 108 valence electrons. The van der Waals surface area contributed by atoms with E-state index in [2.05, 4.69) is 5.32 Å². The van der Waals surface area contributed by atoms with E-state index in [-0.39, 0.29) is 11.6 Å². The molecule has 1 spiro atoms. The molecule has 3 rings (SSSR count). The molecule has 1 saturated heterocycles. The number of nitrogens with zero attached hydrogens (tertiary/aromatic N) is 1. The molecule has 1 fully saturated rings. The van der Waals surface area contributed by atoms with Gasteiger partial charge >= 0.3 is 0 Å². The topological polar surface area (TPSA) is 41.6 Å². The lowest BCUT2D eigenvalue weighted by molar-refractivity contribution is 0.0380. The first-order valence-corrected chi connectivity index (χ1v) is 8.18. The van der Waals surface area contributed by atoms with Gasteiger partial charge in [0.2, 0.25) is 0 Å². The number of hydrogen-bond donors (Lipinski definition) is 1. The van der Waals surface area contributed by atoms with Gasteiger partial charge < -0.3 is 15.0 Å². The van der Waals surface area contributed by atoms with Crippen LogP contribution in [-0.4, -0.2) is 48.2 Å². The zero-order valence-electron chi connectivity index (χ0n) is 11.7. The number of nitrogens with one attached hydrogen (secondary N) is 1. The van der Waals surface area contributed by atoms with E-state index in [1.54, 1.807) is 7.11 Å². The number of thioether (sulfide) groups is 1. The molecule has 2 aliphatic heterocycles. The summed E-state index contributed by atoms with van der Waals surface area (Å²) in [5.41, 5.74) is 1.51. The number of amides is 1. The summed E-state index contributed by atoms with van der Waals surface area (Å²) >= 11 is 1.96. The van der Waals surface area contributed by atoms with Crippen LogP contribution in [0.3, 0.4) is 0 Å². The van der Waals surface area contributed by atoms with Crippen molar-refractivity contribution in [3.8, 4) is 0 Å². The normalized spacial score (nSPS) is 20.6. The first-order valence-electron chi connectivity index (χ1n) is 7.03. The molecule has 0 aromatic heterocycles. The van der Waals surface area contributed by atoms with Crippen LogP contribution < -0.4 is 5.32 Å². The molecular weight excluding hydrogens is 272 g/mol. The van der Waals surface area contributed by atoms with Gasteiger partial charge in [-0.25, -0.2) is 0 Å². The summed E-state index contributed by atoms with van der Waals surface area (Å²) in [5, 5.41) is 3.64. The fraction of sp³-hybridized carbons (Fsp3) is 0.533. The Morgan fingerprint density at radius 2 is 2.10 bits per heavy atom. The second-order valence-electron chi connectivity index (χ2n) is 5.26. The Morgan fingerprint density at radius 1 is 1.35 bits per heavy atom. The molecule has 4 nitrogen and oxygen atoms in total. The van der Waals surface area contributed by atoms with Crippen molar-refractivity contribution in [3.05, 3.63) is 29.8 Å². The summed E-state index contributed by atoms with van der Waals surface area (Å²) in [4.78, 5) is 14.8. The van der Waals surface area contributed by atoms with Gasteiger partial charge in [0.05, 0.1) is 12.2 Å². The predicted octanol–water partition coefficient (Wildman–Crippen LogP) is 2.42. The minimum absolute atomic E-state index is 0.128. The summed E-state index contributed by atoms with van der Waals surface area (Å²) in [6, 6.07) is 7.80. The average Bonchev–Trinajstić information content (AvgIpc) is 2.48. The molecule has 1 N–H and O–H groups in total. The summed E-state index contributed by atoms with van der Waals surface area (Å²) < 4.78 is 5.19. The third-order valence-corrected chi connectivity index (χ3v) is 5.11. The van der Waals surface area contributed by atoms with Gasteiger partial charge in [-0.05, 0) is 36.5 Å². The number of methoxy groups -OCH3 is 1. The largest absolute Gasteiger partial charge is 0.383 e. The van der Waals surface area contributed by atoms with Crippen molar-refractivity contribution in [2.24, 2.45) is 0 Å². The first-order chi connectivity index (χ1) is 9.77. The van der Waals surface area contributed by atoms with E-state index < -0.39 is 0 Å². The highest BCUT2D eigenvalue weighted by molar-refractivity contribution is 7.99. The van der Waals surface area contributed by atoms with Crippen molar-refractivity contribution in [2.75, 3.05) is 37.1 Å². The number of hydrogen-bond acceptors (Lipinski definition) is 4. The third-order valence-electron chi connectivity index (χ3n) is 4.13. The van der Waals surface area contributed by atoms with Crippen molar-refractivity contribution in [2.45, 2.75) is 18.5 Å². The van der Waals surface area contributed by atoms with E-state index in [0.29, 0.717) is 13.2 Å². The van der Waals surface area contributed by atoms with Crippen LogP contribution in [0.15, 0.2) is 24.3 Å². The van der Waals surface area contributed by atoms with E-state index in [1.807, 2.05) is 40.9 Å². The Labute approximate surface area is 123 Å². The fourth-order valence-electron chi connectivity index (χ4n) is 3.04. The zero-order valence-corrected chi connectivity index (χ0v) is 12.5. The maximum absolute atomic E-state index is 12.8. The van der Waals surface area contributed by atoms with E-state index in [1.165, 1.54) is 0 Å². The molecule has 0 aliphatic carbocycles. The highest BCUT2D eigenvalue weighted by Crippen LogP contribution is 2.39. The lowest BCUT2D eigenvalue weighted by atomic mass is 9.94. The van der Waals surface area contributed by atoms with Crippen molar-refractivity contribution in [3.63, 3.8) is 0 Å². The average molecular weight is 292 g/mol. The van der Waals surface area contributed by atoms with Gasteiger partial charge in [0.1, 0.15) is 5.66 Å². The maximum atomic E-state index is 12.8. The monoisotopic (exact) mass is 292 g/mol. The van der Waals surface area contributed by atoms with Crippen LogP contribution in [0.2, 0.25) is 0 Å². The molecule has 0 radical (unpaired) electrons. The molecule has 2 aliphatic rings. The van der Waals surface area contributed by atoms with Gasteiger partial charge in [0, 0.05) is 19.3 Å². The summed E-state index contributed by atoms with van der Waals surface area (Å²) in [5.74, 6) is 2.31. The van der Waals surface area contributed by atoms with Crippen molar-refractivity contribution < 1.29 is 9.53 Å². The van der Waals surface area contributed by atoms with Crippen molar-refractivity contribution in [1.29, 1.82) is 0 Å². The minimum Gasteiger partial charge on any atom is -0.383 e.